The second-order valence-corrected chi connectivity index (χ2v) is 7.60. The molecule has 2 saturated heterocycles. The van der Waals surface area contributed by atoms with Gasteiger partial charge in [0, 0.05) is 49.8 Å². The molecule has 2 aliphatic heterocycles. The lowest BCUT2D eigenvalue weighted by atomic mass is 9.92. The summed E-state index contributed by atoms with van der Waals surface area (Å²) in [6.07, 6.45) is 1.04. The molecule has 126 valence electrons. The number of nitrogens with one attached hydrogen (secondary N) is 1. The molecule has 5 nitrogen and oxygen atoms in total. The van der Waals surface area contributed by atoms with E-state index in [4.69, 9.17) is 5.73 Å². The quantitative estimate of drug-likeness (QED) is 0.824. The molecule has 3 N–H and O–H groups in total. The van der Waals surface area contributed by atoms with Crippen molar-refractivity contribution in [2.75, 3.05) is 39.3 Å². The van der Waals surface area contributed by atoms with Crippen LogP contribution in [-0.2, 0) is 10.3 Å². The summed E-state index contributed by atoms with van der Waals surface area (Å²) < 4.78 is 0.990. The van der Waals surface area contributed by atoms with E-state index in [9.17, 15) is 4.79 Å². The van der Waals surface area contributed by atoms with E-state index in [2.05, 4.69) is 26.1 Å². The van der Waals surface area contributed by atoms with Crippen LogP contribution in [0.5, 0.6) is 0 Å². The minimum Gasteiger partial charge on any atom is -0.339 e. The monoisotopic (exact) mass is 380 g/mol. The van der Waals surface area contributed by atoms with Gasteiger partial charge in [0.25, 0.3) is 0 Å². The maximum atomic E-state index is 12.9. The highest BCUT2D eigenvalue weighted by atomic mass is 79.9. The van der Waals surface area contributed by atoms with Gasteiger partial charge in [-0.25, -0.2) is 0 Å². The number of benzene rings is 1. The molecule has 1 aromatic rings. The van der Waals surface area contributed by atoms with Gasteiger partial charge >= 0.3 is 0 Å². The van der Waals surface area contributed by atoms with Gasteiger partial charge in [0.1, 0.15) is 5.54 Å². The predicted octanol–water partition coefficient (Wildman–Crippen LogP) is 1.13. The van der Waals surface area contributed by atoms with Gasteiger partial charge in [0.2, 0.25) is 5.91 Å². The summed E-state index contributed by atoms with van der Waals surface area (Å²) in [6.45, 7) is 7.63. The molecule has 0 bridgehead atoms. The summed E-state index contributed by atoms with van der Waals surface area (Å²) in [5.74, 6) is 0.0254. The Labute approximate surface area is 146 Å². The van der Waals surface area contributed by atoms with E-state index in [0.29, 0.717) is 6.04 Å². The number of likely N-dealkylation sites (tertiary alicyclic amines) is 1. The van der Waals surface area contributed by atoms with E-state index in [1.54, 1.807) is 0 Å². The van der Waals surface area contributed by atoms with Crippen molar-refractivity contribution in [3.8, 4) is 0 Å². The number of amides is 1. The standard InChI is InChI=1S/C17H25BrN4O/c1-17(19,13-2-4-14(18)5-3-13)16(23)22-9-6-15(12-22)21-10-7-20-8-11-21/h2-5,15,20H,6-12,19H2,1H3. The molecule has 0 saturated carbocycles. The van der Waals surface area contributed by atoms with Crippen LogP contribution in [0, 0.1) is 0 Å². The number of rotatable bonds is 3. The zero-order chi connectivity index (χ0) is 16.4. The second-order valence-electron chi connectivity index (χ2n) is 6.69. The molecule has 2 heterocycles. The van der Waals surface area contributed by atoms with Crippen molar-refractivity contribution in [2.45, 2.75) is 24.9 Å². The maximum absolute atomic E-state index is 12.9. The highest BCUT2D eigenvalue weighted by Crippen LogP contribution is 2.26. The first-order valence-electron chi connectivity index (χ1n) is 8.27. The fourth-order valence-electron chi connectivity index (χ4n) is 3.52. The number of piperazine rings is 1. The topological polar surface area (TPSA) is 61.6 Å². The zero-order valence-corrected chi connectivity index (χ0v) is 15.2. The number of nitrogens with zero attached hydrogens (tertiary/aromatic N) is 2. The van der Waals surface area contributed by atoms with Crippen molar-refractivity contribution in [2.24, 2.45) is 5.73 Å². The van der Waals surface area contributed by atoms with E-state index in [-0.39, 0.29) is 5.91 Å². The number of carbonyl (C=O) groups is 1. The average molecular weight is 381 g/mol. The smallest absolute Gasteiger partial charge is 0.247 e. The second kappa shape index (κ2) is 6.89. The Hall–Kier alpha value is -0.950. The van der Waals surface area contributed by atoms with Crippen LogP contribution in [0.15, 0.2) is 28.7 Å². The first-order chi connectivity index (χ1) is 11.0. The lowest BCUT2D eigenvalue weighted by Gasteiger charge is -2.33. The van der Waals surface area contributed by atoms with Gasteiger partial charge < -0.3 is 16.0 Å². The Morgan fingerprint density at radius 3 is 2.57 bits per heavy atom. The molecule has 0 aromatic heterocycles. The molecule has 1 aromatic carbocycles. The van der Waals surface area contributed by atoms with Gasteiger partial charge in [-0.2, -0.15) is 0 Å². The third-order valence-electron chi connectivity index (χ3n) is 5.01. The highest BCUT2D eigenvalue weighted by molar-refractivity contribution is 9.10. The summed E-state index contributed by atoms with van der Waals surface area (Å²) in [4.78, 5) is 17.4. The Morgan fingerprint density at radius 2 is 1.91 bits per heavy atom. The lowest BCUT2D eigenvalue weighted by molar-refractivity contribution is -0.135. The van der Waals surface area contributed by atoms with Crippen molar-refractivity contribution >= 4 is 21.8 Å². The van der Waals surface area contributed by atoms with E-state index < -0.39 is 5.54 Å². The van der Waals surface area contributed by atoms with E-state index in [1.165, 1.54) is 0 Å². The Morgan fingerprint density at radius 1 is 1.26 bits per heavy atom. The summed E-state index contributed by atoms with van der Waals surface area (Å²) in [5, 5.41) is 3.38. The highest BCUT2D eigenvalue weighted by Gasteiger charge is 2.39. The Bertz CT molecular complexity index is 554. The molecular weight excluding hydrogens is 356 g/mol. The fraction of sp³-hybridized carbons (Fsp3) is 0.588. The van der Waals surface area contributed by atoms with E-state index >= 15 is 0 Å². The van der Waals surface area contributed by atoms with Gasteiger partial charge in [0.05, 0.1) is 0 Å². The molecule has 0 radical (unpaired) electrons. The minimum absolute atomic E-state index is 0.0254. The molecule has 2 unspecified atom stereocenters. The van der Waals surface area contributed by atoms with Crippen molar-refractivity contribution in [3.63, 3.8) is 0 Å². The van der Waals surface area contributed by atoms with Crippen LogP contribution >= 0.6 is 15.9 Å². The van der Waals surface area contributed by atoms with Crippen molar-refractivity contribution in [3.05, 3.63) is 34.3 Å². The number of hydrogen-bond donors (Lipinski definition) is 2. The van der Waals surface area contributed by atoms with Crippen LogP contribution in [0.2, 0.25) is 0 Å². The summed E-state index contributed by atoms with van der Waals surface area (Å²) in [5.41, 5.74) is 6.29. The van der Waals surface area contributed by atoms with Gasteiger partial charge in [0.15, 0.2) is 0 Å². The molecule has 6 heteroatoms. The van der Waals surface area contributed by atoms with Gasteiger partial charge in [-0.1, -0.05) is 28.1 Å². The largest absolute Gasteiger partial charge is 0.339 e. The molecule has 2 fully saturated rings. The SMILES string of the molecule is CC(N)(C(=O)N1CCC(N2CCNCC2)C1)c1ccc(Br)cc1. The molecule has 3 rings (SSSR count). The average Bonchev–Trinajstić information content (AvgIpc) is 3.05. The first kappa shape index (κ1) is 16.9. The van der Waals surface area contributed by atoms with Crippen LogP contribution in [0.3, 0.4) is 0 Å². The third-order valence-corrected chi connectivity index (χ3v) is 5.54. The van der Waals surface area contributed by atoms with E-state index in [0.717, 1.165) is 55.7 Å². The number of hydrogen-bond acceptors (Lipinski definition) is 4. The number of nitrogens with two attached hydrogens (primary N) is 1. The van der Waals surface area contributed by atoms with Crippen molar-refractivity contribution < 1.29 is 4.79 Å². The third kappa shape index (κ3) is 3.60. The number of halogens is 1. The molecule has 2 atom stereocenters. The summed E-state index contributed by atoms with van der Waals surface area (Å²) in [7, 11) is 0. The fourth-order valence-corrected chi connectivity index (χ4v) is 3.78. The van der Waals surface area contributed by atoms with Gasteiger partial charge in [-0.3, -0.25) is 9.69 Å². The van der Waals surface area contributed by atoms with Crippen molar-refractivity contribution in [1.29, 1.82) is 0 Å². The zero-order valence-electron chi connectivity index (χ0n) is 13.6. The Balaban J connectivity index is 1.66. The minimum atomic E-state index is -0.973. The predicted molar refractivity (Wildman–Crippen MR) is 95.1 cm³/mol. The van der Waals surface area contributed by atoms with Crippen LogP contribution < -0.4 is 11.1 Å². The Kier molecular flexibility index (Phi) is 5.06. The molecule has 2 aliphatic rings. The number of carbonyl (C=O) groups excluding carboxylic acids is 1. The van der Waals surface area contributed by atoms with Crippen LogP contribution in [-0.4, -0.2) is 61.0 Å². The van der Waals surface area contributed by atoms with Gasteiger partial charge in [-0.05, 0) is 31.0 Å². The van der Waals surface area contributed by atoms with Crippen LogP contribution in [0.1, 0.15) is 18.9 Å². The summed E-state index contributed by atoms with van der Waals surface area (Å²) in [6, 6.07) is 8.18. The normalized spacial score (nSPS) is 25.3. The molecule has 0 aliphatic carbocycles. The molecule has 23 heavy (non-hydrogen) atoms. The first-order valence-corrected chi connectivity index (χ1v) is 9.07. The lowest BCUT2D eigenvalue weighted by Crippen LogP contribution is -2.52. The van der Waals surface area contributed by atoms with Crippen LogP contribution in [0.4, 0.5) is 0 Å². The van der Waals surface area contributed by atoms with Gasteiger partial charge in [-0.15, -0.1) is 0 Å². The van der Waals surface area contributed by atoms with E-state index in [1.807, 2.05) is 36.1 Å². The molecule has 1 amide bonds. The summed E-state index contributed by atoms with van der Waals surface area (Å²) >= 11 is 3.42. The molecular formula is C17H25BrN4O. The maximum Gasteiger partial charge on any atom is 0.247 e. The molecule has 0 spiro atoms. The van der Waals surface area contributed by atoms with Crippen molar-refractivity contribution in [1.82, 2.24) is 15.1 Å². The van der Waals surface area contributed by atoms with Crippen LogP contribution in [0.25, 0.3) is 0 Å².